The molecule has 1 atom stereocenters. The Labute approximate surface area is 205 Å². The largest absolute Gasteiger partial charge is 0.508 e. The van der Waals surface area contributed by atoms with Gasteiger partial charge in [0.1, 0.15) is 24.1 Å². The third kappa shape index (κ3) is 11.2. The lowest BCUT2D eigenvalue weighted by atomic mass is 10.1. The molecule has 0 aliphatic heterocycles. The van der Waals surface area contributed by atoms with Crippen molar-refractivity contribution in [1.29, 1.82) is 0 Å². The van der Waals surface area contributed by atoms with Crippen molar-refractivity contribution >= 4 is 15.2 Å². The van der Waals surface area contributed by atoms with E-state index < -0.39 is 33.8 Å². The quantitative estimate of drug-likeness (QED) is 0.132. The molecule has 0 spiro atoms. The maximum absolute atomic E-state index is 12.0. The van der Waals surface area contributed by atoms with Crippen LogP contribution in [0.5, 0.6) is 11.5 Å². The zero-order valence-corrected chi connectivity index (χ0v) is 21.2. The Bertz CT molecular complexity index is 1030. The third-order valence-corrected chi connectivity index (χ3v) is 6.98. The minimum Gasteiger partial charge on any atom is -0.508 e. The summed E-state index contributed by atoms with van der Waals surface area (Å²) >= 11 is 0. The fourth-order valence-corrected chi connectivity index (χ4v) is 5.47. The van der Waals surface area contributed by atoms with Crippen molar-refractivity contribution in [2.24, 2.45) is 5.73 Å². The molecule has 0 aliphatic carbocycles. The molecule has 11 nitrogen and oxygen atoms in total. The summed E-state index contributed by atoms with van der Waals surface area (Å²) in [5.41, 5.74) is 6.55. The van der Waals surface area contributed by atoms with Gasteiger partial charge in [0.05, 0.1) is 0 Å². The molecule has 13 heteroatoms. The van der Waals surface area contributed by atoms with Crippen LogP contribution in [0.15, 0.2) is 48.5 Å². The van der Waals surface area contributed by atoms with Gasteiger partial charge in [0, 0.05) is 36.8 Å². The van der Waals surface area contributed by atoms with Crippen molar-refractivity contribution in [3.05, 3.63) is 59.7 Å². The molecule has 2 aromatic rings. The first kappa shape index (κ1) is 29.5. The standard InChI is InChI=1S/C22H35N3O8P2/c23-12-6-5-9-20(25(17-35(31,32)33)14-19-8-2-4-11-22(19)27)15-24(16-34(28,29)30)13-18-7-1-3-10-21(18)26/h1-4,7-8,10-11,20,26-27H,5-6,9,12-17,23H2,(H2,28,29,30)(H2,31,32,33)/t20-/m0/s1. The maximum Gasteiger partial charge on any atom is 0.339 e. The predicted molar refractivity (Wildman–Crippen MR) is 133 cm³/mol. The first-order valence-corrected chi connectivity index (χ1v) is 14.8. The smallest absolute Gasteiger partial charge is 0.339 e. The molecular formula is C22H35N3O8P2. The highest BCUT2D eigenvalue weighted by molar-refractivity contribution is 7.51. The minimum atomic E-state index is -4.52. The number of phenols is 2. The zero-order valence-electron chi connectivity index (χ0n) is 19.4. The minimum absolute atomic E-state index is 0.0193. The second-order valence-corrected chi connectivity index (χ2v) is 11.8. The molecule has 196 valence electrons. The molecule has 0 amide bonds. The third-order valence-electron chi connectivity index (χ3n) is 5.48. The summed E-state index contributed by atoms with van der Waals surface area (Å²) in [5.74, 6) is -0.0469. The Balaban J connectivity index is 2.39. The molecule has 8 N–H and O–H groups in total. The van der Waals surface area contributed by atoms with Crippen molar-refractivity contribution in [3.8, 4) is 11.5 Å². The first-order chi connectivity index (χ1) is 16.4. The lowest BCUT2D eigenvalue weighted by Gasteiger charge is -2.36. The highest BCUT2D eigenvalue weighted by atomic mass is 31.2. The van der Waals surface area contributed by atoms with Gasteiger partial charge in [-0.15, -0.1) is 0 Å². The average molecular weight is 531 g/mol. The monoisotopic (exact) mass is 531 g/mol. The van der Waals surface area contributed by atoms with Gasteiger partial charge in [-0.1, -0.05) is 42.8 Å². The summed E-state index contributed by atoms with van der Waals surface area (Å²) in [6.45, 7) is 0.517. The molecule has 2 aromatic carbocycles. The number of nitrogens with zero attached hydrogens (tertiary/aromatic N) is 2. The number of hydrogen-bond acceptors (Lipinski definition) is 7. The molecule has 0 saturated heterocycles. The molecule has 0 radical (unpaired) electrons. The van der Waals surface area contributed by atoms with E-state index in [1.54, 1.807) is 36.4 Å². The second kappa shape index (κ2) is 13.5. The van der Waals surface area contributed by atoms with Crippen molar-refractivity contribution < 1.29 is 38.9 Å². The molecule has 0 saturated carbocycles. The summed E-state index contributed by atoms with van der Waals surface area (Å²) in [7, 11) is -9.01. The van der Waals surface area contributed by atoms with Crippen molar-refractivity contribution in [2.45, 2.75) is 38.4 Å². The predicted octanol–water partition coefficient (Wildman–Crippen LogP) is 2.17. The number of phenolic OH excluding ortho intramolecular Hbond substituents is 2. The Morgan fingerprint density at radius 3 is 1.77 bits per heavy atom. The normalized spacial score (nSPS) is 13.5. The van der Waals surface area contributed by atoms with Crippen LogP contribution in [0, 0.1) is 0 Å². The fraction of sp³-hybridized carbons (Fsp3) is 0.455. The van der Waals surface area contributed by atoms with E-state index in [4.69, 9.17) is 5.73 Å². The SMILES string of the molecule is NCCCC[C@@H](CN(Cc1ccccc1O)CP(=O)(O)O)N(Cc1ccccc1O)CP(=O)(O)O. The number of benzene rings is 2. The molecule has 0 bridgehead atoms. The van der Waals surface area contributed by atoms with Gasteiger partial charge in [-0.3, -0.25) is 18.9 Å². The van der Waals surface area contributed by atoms with E-state index in [2.05, 4.69) is 0 Å². The molecule has 0 heterocycles. The average Bonchev–Trinajstić information content (AvgIpc) is 2.74. The van der Waals surface area contributed by atoms with Crippen LogP contribution in [0.2, 0.25) is 0 Å². The summed E-state index contributed by atoms with van der Waals surface area (Å²) < 4.78 is 23.9. The van der Waals surface area contributed by atoms with Gasteiger partial charge in [-0.25, -0.2) is 0 Å². The number of nitrogens with two attached hydrogens (primary N) is 1. The first-order valence-electron chi connectivity index (χ1n) is 11.2. The fourth-order valence-electron chi connectivity index (χ4n) is 3.92. The lowest BCUT2D eigenvalue weighted by Crippen LogP contribution is -2.44. The highest BCUT2D eigenvalue weighted by Crippen LogP contribution is 2.39. The highest BCUT2D eigenvalue weighted by Gasteiger charge is 2.30. The molecular weight excluding hydrogens is 496 g/mol. The second-order valence-electron chi connectivity index (χ2n) is 8.57. The van der Waals surface area contributed by atoms with Gasteiger partial charge in [0.25, 0.3) is 0 Å². The van der Waals surface area contributed by atoms with Gasteiger partial charge in [-0.2, -0.15) is 0 Å². The molecule has 2 rings (SSSR count). The summed E-state index contributed by atoms with van der Waals surface area (Å²) in [4.78, 5) is 41.9. The van der Waals surface area contributed by atoms with E-state index in [1.165, 1.54) is 21.9 Å². The van der Waals surface area contributed by atoms with Crippen LogP contribution < -0.4 is 5.73 Å². The Kier molecular flexibility index (Phi) is 11.4. The Morgan fingerprint density at radius 1 is 0.771 bits per heavy atom. The van der Waals surface area contributed by atoms with Gasteiger partial charge in [0.15, 0.2) is 0 Å². The van der Waals surface area contributed by atoms with Crippen LogP contribution in [0.25, 0.3) is 0 Å². The number of aromatic hydroxyl groups is 2. The van der Waals surface area contributed by atoms with E-state index in [9.17, 15) is 38.9 Å². The number of rotatable bonds is 15. The Hall–Kier alpha value is -1.78. The van der Waals surface area contributed by atoms with E-state index in [-0.39, 0.29) is 31.1 Å². The van der Waals surface area contributed by atoms with E-state index in [0.717, 1.165) is 0 Å². The van der Waals surface area contributed by atoms with Gasteiger partial charge in [0.2, 0.25) is 0 Å². The van der Waals surface area contributed by atoms with E-state index in [1.807, 2.05) is 0 Å². The van der Waals surface area contributed by atoms with Crippen LogP contribution in [0.1, 0.15) is 30.4 Å². The van der Waals surface area contributed by atoms with Crippen LogP contribution in [-0.2, 0) is 22.2 Å². The molecule has 0 aliphatic rings. The van der Waals surface area contributed by atoms with Gasteiger partial charge in [-0.05, 0) is 31.5 Å². The number of unbranched alkanes of at least 4 members (excludes halogenated alkanes) is 1. The van der Waals surface area contributed by atoms with Gasteiger partial charge < -0.3 is 35.5 Å². The molecule has 0 unspecified atom stereocenters. The zero-order chi connectivity index (χ0) is 26.1. The van der Waals surface area contributed by atoms with Gasteiger partial charge >= 0.3 is 15.2 Å². The lowest BCUT2D eigenvalue weighted by molar-refractivity contribution is 0.133. The number of para-hydroxylation sites is 2. The summed E-state index contributed by atoms with van der Waals surface area (Å²) in [5, 5.41) is 20.4. The van der Waals surface area contributed by atoms with Crippen molar-refractivity contribution in [1.82, 2.24) is 9.80 Å². The molecule has 0 fully saturated rings. The topological polar surface area (TPSA) is 188 Å². The van der Waals surface area contributed by atoms with Crippen LogP contribution in [0.3, 0.4) is 0 Å². The van der Waals surface area contributed by atoms with E-state index in [0.29, 0.717) is 36.9 Å². The summed E-state index contributed by atoms with van der Waals surface area (Å²) in [6, 6.07) is 12.4. The Morgan fingerprint density at radius 2 is 1.29 bits per heavy atom. The van der Waals surface area contributed by atoms with Crippen LogP contribution in [-0.4, -0.2) is 71.3 Å². The van der Waals surface area contributed by atoms with Crippen LogP contribution >= 0.6 is 15.2 Å². The van der Waals surface area contributed by atoms with Crippen molar-refractivity contribution in [2.75, 3.05) is 25.7 Å². The molecule has 35 heavy (non-hydrogen) atoms. The van der Waals surface area contributed by atoms with E-state index >= 15 is 0 Å². The molecule has 0 aromatic heterocycles. The summed E-state index contributed by atoms with van der Waals surface area (Å²) in [6.07, 6.45) is 0.530. The van der Waals surface area contributed by atoms with Crippen molar-refractivity contribution in [3.63, 3.8) is 0 Å². The van der Waals surface area contributed by atoms with Crippen LogP contribution in [0.4, 0.5) is 0 Å². The number of hydrogen-bond donors (Lipinski definition) is 7. The maximum atomic E-state index is 12.0.